The molecular formula is C27H35FN2O2. The number of ether oxygens (including phenoxy) is 1. The molecule has 2 aromatic carbocycles. The molecule has 172 valence electrons. The van der Waals surface area contributed by atoms with Crippen LogP contribution in [0.25, 0.3) is 0 Å². The molecule has 0 atom stereocenters. The number of carbonyl (C=O) groups is 1. The molecule has 32 heavy (non-hydrogen) atoms. The van der Waals surface area contributed by atoms with Crippen molar-refractivity contribution in [2.24, 2.45) is 11.3 Å². The van der Waals surface area contributed by atoms with Crippen molar-refractivity contribution in [3.8, 4) is 5.75 Å². The number of para-hydroxylation sites is 1. The van der Waals surface area contributed by atoms with Gasteiger partial charge in [0.25, 0.3) is 0 Å². The number of likely N-dealkylation sites (tertiary alicyclic amines) is 2. The van der Waals surface area contributed by atoms with E-state index in [1.165, 1.54) is 18.1 Å². The number of amides is 1. The van der Waals surface area contributed by atoms with E-state index >= 15 is 0 Å². The Morgan fingerprint density at radius 2 is 1.66 bits per heavy atom. The van der Waals surface area contributed by atoms with Crippen LogP contribution >= 0.6 is 0 Å². The molecule has 2 heterocycles. The Balaban J connectivity index is 1.30. The summed E-state index contributed by atoms with van der Waals surface area (Å²) in [6, 6.07) is 14.9. The summed E-state index contributed by atoms with van der Waals surface area (Å²) in [4.78, 5) is 17.2. The average molecular weight is 439 g/mol. The largest absolute Gasteiger partial charge is 0.493 e. The predicted octanol–water partition coefficient (Wildman–Crippen LogP) is 4.92. The van der Waals surface area contributed by atoms with Gasteiger partial charge in [-0.15, -0.1) is 0 Å². The normalized spacial score (nSPS) is 18.4. The van der Waals surface area contributed by atoms with Gasteiger partial charge in [-0.25, -0.2) is 4.39 Å². The van der Waals surface area contributed by atoms with Gasteiger partial charge in [0.05, 0.1) is 13.0 Å². The van der Waals surface area contributed by atoms with Crippen LogP contribution in [0.3, 0.4) is 0 Å². The summed E-state index contributed by atoms with van der Waals surface area (Å²) in [5.74, 6) is 1.24. The van der Waals surface area contributed by atoms with Crippen molar-refractivity contribution in [3.63, 3.8) is 0 Å². The second-order valence-corrected chi connectivity index (χ2v) is 9.92. The molecule has 0 aromatic heterocycles. The molecular weight excluding hydrogens is 403 g/mol. The summed E-state index contributed by atoms with van der Waals surface area (Å²) in [5.41, 5.74) is 2.04. The number of benzene rings is 2. The van der Waals surface area contributed by atoms with E-state index in [2.05, 4.69) is 36.9 Å². The Morgan fingerprint density at radius 3 is 2.38 bits per heavy atom. The molecule has 4 nitrogen and oxygen atoms in total. The number of halogens is 1. The van der Waals surface area contributed by atoms with Crippen molar-refractivity contribution >= 4 is 5.91 Å². The van der Waals surface area contributed by atoms with Gasteiger partial charge in [-0.1, -0.05) is 50.2 Å². The first kappa shape index (κ1) is 22.8. The molecule has 1 amide bonds. The highest BCUT2D eigenvalue weighted by Gasteiger charge is 2.41. The first-order chi connectivity index (χ1) is 15.4. The SMILES string of the molecule is CC(C)COc1ccccc1CN1CCC2(CCN(C(=O)Cc3ccccc3F)CC2)C1. The number of hydrogen-bond donors (Lipinski definition) is 0. The van der Waals surface area contributed by atoms with E-state index in [9.17, 15) is 9.18 Å². The quantitative estimate of drug-likeness (QED) is 0.615. The summed E-state index contributed by atoms with van der Waals surface area (Å²) in [6.45, 7) is 9.68. The number of nitrogens with zero attached hydrogens (tertiary/aromatic N) is 2. The van der Waals surface area contributed by atoms with Gasteiger partial charge in [-0.05, 0) is 54.8 Å². The van der Waals surface area contributed by atoms with Crippen molar-refractivity contribution in [2.75, 3.05) is 32.8 Å². The van der Waals surface area contributed by atoms with E-state index < -0.39 is 0 Å². The molecule has 2 aliphatic heterocycles. The van der Waals surface area contributed by atoms with Gasteiger partial charge in [-0.3, -0.25) is 9.69 Å². The van der Waals surface area contributed by atoms with Crippen LogP contribution < -0.4 is 4.74 Å². The van der Waals surface area contributed by atoms with E-state index in [4.69, 9.17) is 4.74 Å². The lowest BCUT2D eigenvalue weighted by Gasteiger charge is -2.39. The fourth-order valence-corrected chi connectivity index (χ4v) is 4.99. The molecule has 2 aromatic rings. The zero-order valence-electron chi connectivity index (χ0n) is 19.4. The minimum atomic E-state index is -0.293. The van der Waals surface area contributed by atoms with Gasteiger partial charge < -0.3 is 9.64 Å². The Morgan fingerprint density at radius 1 is 1.00 bits per heavy atom. The van der Waals surface area contributed by atoms with Crippen molar-refractivity contribution in [2.45, 2.75) is 46.1 Å². The summed E-state index contributed by atoms with van der Waals surface area (Å²) in [6.07, 6.45) is 3.38. The molecule has 2 saturated heterocycles. The Hall–Kier alpha value is -2.40. The zero-order chi connectivity index (χ0) is 22.6. The van der Waals surface area contributed by atoms with E-state index in [0.717, 1.165) is 57.9 Å². The van der Waals surface area contributed by atoms with Gasteiger partial charge in [0.1, 0.15) is 11.6 Å². The van der Waals surface area contributed by atoms with Gasteiger partial charge in [0, 0.05) is 31.7 Å². The second-order valence-electron chi connectivity index (χ2n) is 9.92. The summed E-state index contributed by atoms with van der Waals surface area (Å²) >= 11 is 0. The van der Waals surface area contributed by atoms with Crippen LogP contribution in [0.2, 0.25) is 0 Å². The minimum Gasteiger partial charge on any atom is -0.493 e. The van der Waals surface area contributed by atoms with Crippen molar-refractivity contribution in [3.05, 3.63) is 65.5 Å². The molecule has 0 unspecified atom stereocenters. The van der Waals surface area contributed by atoms with E-state index in [1.807, 2.05) is 11.0 Å². The lowest BCUT2D eigenvalue weighted by molar-refractivity contribution is -0.132. The molecule has 0 saturated carbocycles. The highest BCUT2D eigenvalue weighted by molar-refractivity contribution is 5.79. The maximum Gasteiger partial charge on any atom is 0.227 e. The lowest BCUT2D eigenvalue weighted by Crippen LogP contribution is -2.44. The summed E-state index contributed by atoms with van der Waals surface area (Å²) in [5, 5.41) is 0. The van der Waals surface area contributed by atoms with Crippen LogP contribution in [0.4, 0.5) is 4.39 Å². The molecule has 0 aliphatic carbocycles. The van der Waals surface area contributed by atoms with Gasteiger partial charge in [0.15, 0.2) is 0 Å². The number of hydrogen-bond acceptors (Lipinski definition) is 3. The number of piperidine rings is 1. The first-order valence-electron chi connectivity index (χ1n) is 11.9. The minimum absolute atomic E-state index is 0.0380. The van der Waals surface area contributed by atoms with Crippen LogP contribution in [0, 0.1) is 17.2 Å². The Kier molecular flexibility index (Phi) is 7.14. The highest BCUT2D eigenvalue weighted by atomic mass is 19.1. The summed E-state index contributed by atoms with van der Waals surface area (Å²) in [7, 11) is 0. The fourth-order valence-electron chi connectivity index (χ4n) is 4.99. The third-order valence-electron chi connectivity index (χ3n) is 6.93. The maximum absolute atomic E-state index is 13.9. The molecule has 0 radical (unpaired) electrons. The molecule has 2 aliphatic rings. The topological polar surface area (TPSA) is 32.8 Å². The predicted molar refractivity (Wildman–Crippen MR) is 125 cm³/mol. The summed E-state index contributed by atoms with van der Waals surface area (Å²) < 4.78 is 20.0. The monoisotopic (exact) mass is 438 g/mol. The first-order valence-corrected chi connectivity index (χ1v) is 11.9. The van der Waals surface area contributed by atoms with E-state index in [0.29, 0.717) is 16.9 Å². The molecule has 4 rings (SSSR count). The van der Waals surface area contributed by atoms with Gasteiger partial charge in [-0.2, -0.15) is 0 Å². The lowest BCUT2D eigenvalue weighted by atomic mass is 9.77. The van der Waals surface area contributed by atoms with Crippen LogP contribution in [-0.2, 0) is 17.8 Å². The van der Waals surface area contributed by atoms with Crippen molar-refractivity contribution < 1.29 is 13.9 Å². The van der Waals surface area contributed by atoms with Crippen LogP contribution in [-0.4, -0.2) is 48.5 Å². The maximum atomic E-state index is 13.9. The molecule has 2 fully saturated rings. The third kappa shape index (κ3) is 5.50. The van der Waals surface area contributed by atoms with Crippen LogP contribution in [0.1, 0.15) is 44.2 Å². The standard InChI is InChI=1S/C27H35FN2O2/c1-21(2)19-32-25-10-6-4-8-23(25)18-29-14-11-27(20-29)12-15-30(16-13-27)26(31)17-22-7-3-5-9-24(22)28/h3-10,21H,11-20H2,1-2H3. The Labute approximate surface area is 191 Å². The highest BCUT2D eigenvalue weighted by Crippen LogP contribution is 2.41. The van der Waals surface area contributed by atoms with Gasteiger partial charge >= 0.3 is 0 Å². The fraction of sp³-hybridized carbons (Fsp3) is 0.519. The van der Waals surface area contributed by atoms with E-state index in [-0.39, 0.29) is 18.1 Å². The molecule has 1 spiro atoms. The molecule has 0 bridgehead atoms. The molecule has 5 heteroatoms. The number of carbonyl (C=O) groups excluding carboxylic acids is 1. The van der Waals surface area contributed by atoms with Gasteiger partial charge in [0.2, 0.25) is 5.91 Å². The number of rotatable bonds is 7. The Bertz CT molecular complexity index is 921. The van der Waals surface area contributed by atoms with E-state index in [1.54, 1.807) is 18.2 Å². The third-order valence-corrected chi connectivity index (χ3v) is 6.93. The van der Waals surface area contributed by atoms with Crippen molar-refractivity contribution in [1.29, 1.82) is 0 Å². The molecule has 0 N–H and O–H groups in total. The average Bonchev–Trinajstić information content (AvgIpc) is 3.17. The zero-order valence-corrected chi connectivity index (χ0v) is 19.4. The smallest absolute Gasteiger partial charge is 0.227 e. The second kappa shape index (κ2) is 10.0. The van der Waals surface area contributed by atoms with Crippen molar-refractivity contribution in [1.82, 2.24) is 9.80 Å². The van der Waals surface area contributed by atoms with Crippen LogP contribution in [0.5, 0.6) is 5.75 Å². The van der Waals surface area contributed by atoms with Crippen LogP contribution in [0.15, 0.2) is 48.5 Å².